The van der Waals surface area contributed by atoms with Gasteiger partial charge in [-0.05, 0) is 61.8 Å². The predicted octanol–water partition coefficient (Wildman–Crippen LogP) is 4.55. The van der Waals surface area contributed by atoms with E-state index in [1.807, 2.05) is 18.2 Å². The van der Waals surface area contributed by atoms with Crippen LogP contribution in [0.25, 0.3) is 0 Å². The molecule has 3 atom stereocenters. The maximum absolute atomic E-state index is 12.6. The number of hydrogen-bond donors (Lipinski definition) is 4. The lowest BCUT2D eigenvalue weighted by Crippen LogP contribution is -2.48. The van der Waals surface area contributed by atoms with E-state index in [1.165, 1.54) is 6.20 Å². The molecular formula is C24H32ClF3N6O2S. The van der Waals surface area contributed by atoms with Gasteiger partial charge in [-0.3, -0.25) is 0 Å². The van der Waals surface area contributed by atoms with Gasteiger partial charge in [-0.15, -0.1) is 0 Å². The van der Waals surface area contributed by atoms with Crippen molar-refractivity contribution in [2.45, 2.75) is 75.7 Å². The largest absolute Gasteiger partial charge is 0.401 e. The number of aromatic nitrogens is 2. The molecule has 204 valence electrons. The first-order valence-corrected chi connectivity index (χ1v) is 14.7. The minimum atomic E-state index is -4.22. The normalized spacial score (nSPS) is 22.7. The molecule has 1 saturated carbocycles. The summed E-state index contributed by atoms with van der Waals surface area (Å²) in [5.74, 6) is 0.744. The summed E-state index contributed by atoms with van der Waals surface area (Å²) < 4.78 is 64.0. The first-order valence-electron chi connectivity index (χ1n) is 12.4. The molecule has 1 aromatic carbocycles. The average molecular weight is 561 g/mol. The van der Waals surface area contributed by atoms with E-state index in [9.17, 15) is 21.6 Å². The highest BCUT2D eigenvalue weighted by Crippen LogP contribution is 2.29. The highest BCUT2D eigenvalue weighted by atomic mass is 35.5. The molecule has 1 fully saturated rings. The predicted molar refractivity (Wildman–Crippen MR) is 139 cm³/mol. The third kappa shape index (κ3) is 8.42. The first kappa shape index (κ1) is 27.9. The zero-order chi connectivity index (χ0) is 26.6. The Kier molecular flexibility index (Phi) is 8.82. The molecule has 13 heteroatoms. The van der Waals surface area contributed by atoms with Gasteiger partial charge in [0, 0.05) is 23.8 Å². The van der Waals surface area contributed by atoms with E-state index in [0.717, 1.165) is 48.8 Å². The molecule has 2 aliphatic rings. The lowest BCUT2D eigenvalue weighted by molar-refractivity contribution is -0.126. The number of hydrogen-bond acceptors (Lipinski definition) is 7. The second kappa shape index (κ2) is 11.7. The number of nitrogens with zero attached hydrogens (tertiary/aromatic N) is 2. The van der Waals surface area contributed by atoms with E-state index in [0.29, 0.717) is 42.5 Å². The van der Waals surface area contributed by atoms with Crippen LogP contribution in [0.2, 0.25) is 5.02 Å². The van der Waals surface area contributed by atoms with Crippen LogP contribution >= 0.6 is 11.6 Å². The Morgan fingerprint density at radius 2 is 1.76 bits per heavy atom. The molecule has 8 nitrogen and oxygen atoms in total. The number of sulfonamides is 1. The van der Waals surface area contributed by atoms with Crippen LogP contribution in [0.1, 0.15) is 49.7 Å². The fourth-order valence-corrected chi connectivity index (χ4v) is 5.98. The van der Waals surface area contributed by atoms with E-state index in [-0.39, 0.29) is 18.1 Å². The standard InChI is InChI=1S/C24H32ClF3N6O2S/c1-37(35,36)34-21-5-3-2-4-20(21)32-22-19(25)13-29-23(33-22)31-18-11-7-15-6-9-17(10-8-16(15)12-18)30-14-24(26,27)28/h7,11-13,17,20-21,30,34H,2-6,8-10,14H2,1H3,(H2,29,31,32,33)/t17-,20-,21?/m1/s1. The third-order valence-corrected chi connectivity index (χ3v) is 7.78. The van der Waals surface area contributed by atoms with Crippen LogP contribution in [0.5, 0.6) is 0 Å². The molecule has 4 rings (SSSR count). The highest BCUT2D eigenvalue weighted by molar-refractivity contribution is 7.88. The third-order valence-electron chi connectivity index (χ3n) is 6.78. The number of aryl methyl sites for hydroxylation is 2. The van der Waals surface area contributed by atoms with Crippen LogP contribution in [-0.2, 0) is 22.9 Å². The van der Waals surface area contributed by atoms with Crippen molar-refractivity contribution >= 4 is 39.1 Å². The maximum atomic E-state index is 12.6. The molecule has 0 aliphatic heterocycles. The van der Waals surface area contributed by atoms with Crippen LogP contribution < -0.4 is 20.7 Å². The molecule has 37 heavy (non-hydrogen) atoms. The van der Waals surface area contributed by atoms with Crippen molar-refractivity contribution in [1.82, 2.24) is 20.0 Å². The summed E-state index contributed by atoms with van der Waals surface area (Å²) in [4.78, 5) is 8.80. The molecule has 1 heterocycles. The number of alkyl halides is 3. The lowest BCUT2D eigenvalue weighted by atomic mass is 9.91. The second-order valence-corrected chi connectivity index (χ2v) is 12.0. The summed E-state index contributed by atoms with van der Waals surface area (Å²) in [7, 11) is -3.35. The van der Waals surface area contributed by atoms with Gasteiger partial charge >= 0.3 is 6.18 Å². The summed E-state index contributed by atoms with van der Waals surface area (Å²) in [6, 6.07) is 5.28. The van der Waals surface area contributed by atoms with Gasteiger partial charge in [0.05, 0.1) is 19.0 Å². The summed E-state index contributed by atoms with van der Waals surface area (Å²) in [5.41, 5.74) is 2.98. The van der Waals surface area contributed by atoms with Gasteiger partial charge < -0.3 is 16.0 Å². The summed E-state index contributed by atoms with van der Waals surface area (Å²) >= 11 is 6.35. The first-order chi connectivity index (χ1) is 17.4. The Hall–Kier alpha value is -2.15. The SMILES string of the molecule is CS(=O)(=O)NC1CCCC[C@H]1Nc1nc(Nc2ccc3c(c2)CC[C@H](NCC(F)(F)F)CC3)ncc1Cl. The van der Waals surface area contributed by atoms with Gasteiger partial charge in [-0.1, -0.05) is 30.5 Å². The Balaban J connectivity index is 1.42. The zero-order valence-electron chi connectivity index (χ0n) is 20.5. The van der Waals surface area contributed by atoms with Crippen LogP contribution in [0.3, 0.4) is 0 Å². The number of halogens is 4. The molecule has 2 aromatic rings. The van der Waals surface area contributed by atoms with Crippen LogP contribution in [-0.4, -0.2) is 55.5 Å². The Morgan fingerprint density at radius 3 is 2.46 bits per heavy atom. The minimum absolute atomic E-state index is 0.157. The zero-order valence-corrected chi connectivity index (χ0v) is 22.1. The maximum Gasteiger partial charge on any atom is 0.401 e. The van der Waals surface area contributed by atoms with Crippen molar-refractivity contribution in [3.05, 3.63) is 40.5 Å². The molecule has 0 radical (unpaired) electrons. The summed E-state index contributed by atoms with van der Waals surface area (Å²) in [5, 5.41) is 9.45. The van der Waals surface area contributed by atoms with E-state index in [4.69, 9.17) is 11.6 Å². The number of rotatable bonds is 8. The summed E-state index contributed by atoms with van der Waals surface area (Å²) in [6.07, 6.45) is 4.49. The van der Waals surface area contributed by atoms with Gasteiger partial charge in [-0.25, -0.2) is 18.1 Å². The van der Waals surface area contributed by atoms with Crippen LogP contribution in [0.15, 0.2) is 24.4 Å². The van der Waals surface area contributed by atoms with Crippen LogP contribution in [0, 0.1) is 0 Å². The highest BCUT2D eigenvalue weighted by Gasteiger charge is 2.29. The second-order valence-electron chi connectivity index (χ2n) is 9.80. The Labute approximate surface area is 220 Å². The summed E-state index contributed by atoms with van der Waals surface area (Å²) in [6.45, 7) is -0.975. The van der Waals surface area contributed by atoms with Gasteiger partial charge in [0.25, 0.3) is 0 Å². The van der Waals surface area contributed by atoms with E-state index in [1.54, 1.807) is 0 Å². The number of anilines is 3. The van der Waals surface area contributed by atoms with E-state index < -0.39 is 22.7 Å². The fraction of sp³-hybridized carbons (Fsp3) is 0.583. The molecule has 4 N–H and O–H groups in total. The lowest BCUT2D eigenvalue weighted by Gasteiger charge is -2.32. The molecule has 0 bridgehead atoms. The average Bonchev–Trinajstić information content (AvgIpc) is 3.02. The van der Waals surface area contributed by atoms with Gasteiger partial charge in [0.1, 0.15) is 5.02 Å². The number of nitrogens with one attached hydrogen (secondary N) is 4. The van der Waals surface area contributed by atoms with Crippen molar-refractivity contribution in [1.29, 1.82) is 0 Å². The Bertz CT molecular complexity index is 1200. The van der Waals surface area contributed by atoms with Crippen molar-refractivity contribution in [3.8, 4) is 0 Å². The van der Waals surface area contributed by atoms with Crippen molar-refractivity contribution < 1.29 is 21.6 Å². The van der Waals surface area contributed by atoms with Gasteiger partial charge in [-0.2, -0.15) is 18.2 Å². The van der Waals surface area contributed by atoms with Crippen molar-refractivity contribution in [3.63, 3.8) is 0 Å². The van der Waals surface area contributed by atoms with E-state index in [2.05, 4.69) is 30.6 Å². The Morgan fingerprint density at radius 1 is 1.05 bits per heavy atom. The van der Waals surface area contributed by atoms with Crippen LogP contribution in [0.4, 0.5) is 30.6 Å². The molecule has 2 aliphatic carbocycles. The van der Waals surface area contributed by atoms with Gasteiger partial charge in [0.2, 0.25) is 16.0 Å². The fourth-order valence-electron chi connectivity index (χ4n) is 5.00. The van der Waals surface area contributed by atoms with Crippen molar-refractivity contribution in [2.75, 3.05) is 23.4 Å². The van der Waals surface area contributed by atoms with E-state index >= 15 is 0 Å². The quantitative estimate of drug-likeness (QED) is 0.351. The smallest absolute Gasteiger partial charge is 0.364 e. The minimum Gasteiger partial charge on any atom is -0.364 e. The molecule has 0 saturated heterocycles. The number of benzene rings is 1. The number of fused-ring (bicyclic) bond motifs is 1. The molecule has 1 aromatic heterocycles. The monoisotopic (exact) mass is 560 g/mol. The molecular weight excluding hydrogens is 529 g/mol. The molecule has 1 unspecified atom stereocenters. The van der Waals surface area contributed by atoms with Crippen molar-refractivity contribution in [2.24, 2.45) is 0 Å². The van der Waals surface area contributed by atoms with Gasteiger partial charge in [0.15, 0.2) is 5.82 Å². The molecule has 0 amide bonds. The topological polar surface area (TPSA) is 108 Å². The molecule has 0 spiro atoms.